The third-order valence-corrected chi connectivity index (χ3v) is 2.43. The van der Waals surface area contributed by atoms with Gasteiger partial charge < -0.3 is 15.7 Å². The maximum absolute atomic E-state index is 12.3. The topological polar surface area (TPSA) is 67.8 Å². The Hall–Kier alpha value is -2.13. The summed E-state index contributed by atoms with van der Waals surface area (Å²) in [5.74, 6) is -0.969. The zero-order chi connectivity index (χ0) is 16.4. The predicted molar refractivity (Wildman–Crippen MR) is 60.2 cm³/mol. The van der Waals surface area contributed by atoms with Gasteiger partial charge in [-0.1, -0.05) is 5.16 Å². The fourth-order valence-electron chi connectivity index (χ4n) is 1.51. The van der Waals surface area contributed by atoms with Crippen molar-refractivity contribution in [1.82, 2.24) is 0 Å². The van der Waals surface area contributed by atoms with E-state index in [0.717, 1.165) is 18.2 Å². The summed E-state index contributed by atoms with van der Waals surface area (Å²) in [5.41, 5.74) is 5.62. The van der Waals surface area contributed by atoms with E-state index < -0.39 is 24.2 Å². The van der Waals surface area contributed by atoms with Gasteiger partial charge in [0.2, 0.25) is 0 Å². The van der Waals surface area contributed by atoms with Gasteiger partial charge in [0.25, 0.3) is 6.10 Å². The third kappa shape index (κ3) is 4.17. The summed E-state index contributed by atoms with van der Waals surface area (Å²) in [5, 5.41) is 11.2. The molecule has 0 amide bonds. The van der Waals surface area contributed by atoms with E-state index in [9.17, 15) is 26.3 Å². The SMILES string of the molecule is Cc1cc(OC(C(F)(F)F)C(F)(F)F)ccc1/C(N)=N/O. The minimum Gasteiger partial charge on any atom is -0.471 e. The van der Waals surface area contributed by atoms with Crippen LogP contribution in [0.15, 0.2) is 23.4 Å². The van der Waals surface area contributed by atoms with Crippen LogP contribution in [0.25, 0.3) is 0 Å². The van der Waals surface area contributed by atoms with Gasteiger partial charge in [-0.15, -0.1) is 0 Å². The highest BCUT2D eigenvalue weighted by Gasteiger charge is 2.59. The normalized spacial score (nSPS) is 13.6. The molecule has 0 atom stereocenters. The van der Waals surface area contributed by atoms with Gasteiger partial charge in [-0.05, 0) is 30.7 Å². The van der Waals surface area contributed by atoms with Crippen LogP contribution in [0.3, 0.4) is 0 Å². The van der Waals surface area contributed by atoms with Gasteiger partial charge in [0.1, 0.15) is 5.75 Å². The zero-order valence-corrected chi connectivity index (χ0v) is 10.5. The molecule has 0 spiro atoms. The van der Waals surface area contributed by atoms with Crippen molar-refractivity contribution < 1.29 is 36.3 Å². The van der Waals surface area contributed by atoms with Crippen molar-refractivity contribution in [3.8, 4) is 5.75 Å². The molecule has 0 unspecified atom stereocenters. The van der Waals surface area contributed by atoms with Crippen molar-refractivity contribution in [3.63, 3.8) is 0 Å². The second kappa shape index (κ2) is 5.70. The first-order valence-electron chi connectivity index (χ1n) is 5.35. The first-order valence-corrected chi connectivity index (χ1v) is 5.35. The Balaban J connectivity index is 3.10. The standard InChI is InChI=1S/C11H10F6N2O2/c1-5-4-6(2-3-7(5)8(18)19-20)21-9(10(12,13)14)11(15,16)17/h2-4,9,20H,1H3,(H2,18,19). The summed E-state index contributed by atoms with van der Waals surface area (Å²) in [6.07, 6.45) is -15.1. The Kier molecular flexibility index (Phi) is 4.59. The highest BCUT2D eigenvalue weighted by atomic mass is 19.4. The molecule has 21 heavy (non-hydrogen) atoms. The molecule has 4 nitrogen and oxygen atoms in total. The van der Waals surface area contributed by atoms with E-state index in [0.29, 0.717) is 0 Å². The van der Waals surface area contributed by atoms with Crippen LogP contribution in [-0.4, -0.2) is 29.5 Å². The van der Waals surface area contributed by atoms with Crippen molar-refractivity contribution >= 4 is 5.84 Å². The molecule has 0 saturated carbocycles. The van der Waals surface area contributed by atoms with Crippen LogP contribution in [0.2, 0.25) is 0 Å². The van der Waals surface area contributed by atoms with Crippen LogP contribution in [-0.2, 0) is 0 Å². The zero-order valence-electron chi connectivity index (χ0n) is 10.5. The fraction of sp³-hybridized carbons (Fsp3) is 0.364. The number of alkyl halides is 6. The van der Waals surface area contributed by atoms with Crippen LogP contribution >= 0.6 is 0 Å². The van der Waals surface area contributed by atoms with E-state index in [4.69, 9.17) is 10.9 Å². The molecule has 0 fully saturated rings. The summed E-state index contributed by atoms with van der Waals surface area (Å²) in [6.45, 7) is 1.36. The van der Waals surface area contributed by atoms with Crippen LogP contribution in [0.5, 0.6) is 5.75 Å². The fourth-order valence-corrected chi connectivity index (χ4v) is 1.51. The number of aryl methyl sites for hydroxylation is 1. The first-order chi connectivity index (χ1) is 9.46. The quantitative estimate of drug-likeness (QED) is 0.296. The number of oxime groups is 1. The molecule has 0 aliphatic rings. The lowest BCUT2D eigenvalue weighted by molar-refractivity contribution is -0.299. The van der Waals surface area contributed by atoms with Crippen molar-refractivity contribution in [1.29, 1.82) is 0 Å². The molecule has 0 radical (unpaired) electrons. The lowest BCUT2D eigenvalue weighted by atomic mass is 10.1. The number of nitrogens with zero attached hydrogens (tertiary/aromatic N) is 1. The van der Waals surface area contributed by atoms with Gasteiger partial charge in [0.15, 0.2) is 5.84 Å². The summed E-state index contributed by atoms with van der Waals surface area (Å²) in [4.78, 5) is 0. The van der Waals surface area contributed by atoms with Crippen molar-refractivity contribution in [3.05, 3.63) is 29.3 Å². The maximum Gasteiger partial charge on any atom is 0.434 e. The molecule has 118 valence electrons. The van der Waals surface area contributed by atoms with Gasteiger partial charge in [-0.25, -0.2) is 0 Å². The van der Waals surface area contributed by atoms with E-state index in [1.807, 2.05) is 0 Å². The molecule has 1 aromatic rings. The number of nitrogens with two attached hydrogens (primary N) is 1. The molecule has 0 aliphatic heterocycles. The highest BCUT2D eigenvalue weighted by Crippen LogP contribution is 2.36. The molecule has 0 saturated heterocycles. The summed E-state index contributed by atoms with van der Waals surface area (Å²) < 4.78 is 78.1. The molecule has 1 aromatic carbocycles. The van der Waals surface area contributed by atoms with E-state index in [1.54, 1.807) is 0 Å². The Morgan fingerprint density at radius 3 is 2.10 bits per heavy atom. The minimum atomic E-state index is -5.60. The number of hydrogen-bond acceptors (Lipinski definition) is 3. The summed E-state index contributed by atoms with van der Waals surface area (Å²) in [6, 6.07) is 2.88. The lowest BCUT2D eigenvalue weighted by Gasteiger charge is -2.24. The Bertz CT molecular complexity index is 524. The number of amidine groups is 1. The van der Waals surface area contributed by atoms with Gasteiger partial charge in [0.05, 0.1) is 0 Å². The Morgan fingerprint density at radius 2 is 1.71 bits per heavy atom. The second-order valence-electron chi connectivity index (χ2n) is 4.04. The van der Waals surface area contributed by atoms with E-state index in [2.05, 4.69) is 9.89 Å². The predicted octanol–water partition coefficient (Wildman–Crippen LogP) is 2.96. The van der Waals surface area contributed by atoms with Gasteiger partial charge in [-0.2, -0.15) is 26.3 Å². The molecule has 0 aliphatic carbocycles. The van der Waals surface area contributed by atoms with E-state index >= 15 is 0 Å². The molecule has 0 aromatic heterocycles. The molecular weight excluding hydrogens is 306 g/mol. The van der Waals surface area contributed by atoms with Crippen molar-refractivity contribution in [2.75, 3.05) is 0 Å². The Morgan fingerprint density at radius 1 is 1.19 bits per heavy atom. The van der Waals surface area contributed by atoms with E-state index in [-0.39, 0.29) is 17.0 Å². The molecule has 0 heterocycles. The summed E-state index contributed by atoms with van der Waals surface area (Å²) in [7, 11) is 0. The minimum absolute atomic E-state index is 0.153. The average Bonchev–Trinajstić information content (AvgIpc) is 2.32. The smallest absolute Gasteiger partial charge is 0.434 e. The number of rotatable bonds is 3. The van der Waals surface area contributed by atoms with E-state index in [1.165, 1.54) is 6.92 Å². The molecule has 3 N–H and O–H groups in total. The molecule has 0 bridgehead atoms. The van der Waals surface area contributed by atoms with Crippen LogP contribution < -0.4 is 10.5 Å². The highest BCUT2D eigenvalue weighted by molar-refractivity contribution is 5.98. The molecule has 1 rings (SSSR count). The van der Waals surface area contributed by atoms with Gasteiger partial charge in [-0.3, -0.25) is 0 Å². The average molecular weight is 316 g/mol. The number of benzene rings is 1. The largest absolute Gasteiger partial charge is 0.471 e. The molecule has 10 heteroatoms. The first kappa shape index (κ1) is 16.9. The van der Waals surface area contributed by atoms with Crippen LogP contribution in [0.4, 0.5) is 26.3 Å². The monoisotopic (exact) mass is 316 g/mol. The third-order valence-electron chi connectivity index (χ3n) is 2.43. The Labute approximate surface area is 114 Å². The van der Waals surface area contributed by atoms with Crippen LogP contribution in [0, 0.1) is 6.92 Å². The maximum atomic E-state index is 12.3. The van der Waals surface area contributed by atoms with Gasteiger partial charge in [0, 0.05) is 5.56 Å². The second-order valence-corrected chi connectivity index (χ2v) is 4.04. The number of halogens is 6. The number of hydrogen-bond donors (Lipinski definition) is 2. The van der Waals surface area contributed by atoms with Crippen molar-refractivity contribution in [2.45, 2.75) is 25.4 Å². The molecular formula is C11H10F6N2O2. The lowest BCUT2D eigenvalue weighted by Crippen LogP contribution is -2.46. The summed E-state index contributed by atoms with van der Waals surface area (Å²) >= 11 is 0. The van der Waals surface area contributed by atoms with Gasteiger partial charge >= 0.3 is 12.4 Å². The van der Waals surface area contributed by atoms with Crippen molar-refractivity contribution in [2.24, 2.45) is 10.9 Å². The number of ether oxygens (including phenoxy) is 1. The van der Waals surface area contributed by atoms with Crippen LogP contribution in [0.1, 0.15) is 11.1 Å².